The minimum absolute atomic E-state index is 0.120. The zero-order valence-electron chi connectivity index (χ0n) is 19.4. The number of urea groups is 1. The normalized spacial score (nSPS) is 23.6. The fraction of sp³-hybridized carbons (Fsp3) is 0.520. The number of methoxy groups -OCH3 is 1. The average Bonchev–Trinajstić information content (AvgIpc) is 2.82. The van der Waals surface area contributed by atoms with Gasteiger partial charge in [0.15, 0.2) is 0 Å². The topological polar surface area (TPSA) is 78.8 Å². The number of carbonyl (C=O) groups is 1. The summed E-state index contributed by atoms with van der Waals surface area (Å²) in [5.41, 5.74) is 1.84. The Hall–Kier alpha value is -2.84. The quantitative estimate of drug-likeness (QED) is 0.747. The zero-order valence-corrected chi connectivity index (χ0v) is 19.4. The van der Waals surface area contributed by atoms with E-state index in [2.05, 4.69) is 27.5 Å². The Morgan fingerprint density at radius 3 is 2.55 bits per heavy atom. The van der Waals surface area contributed by atoms with Gasteiger partial charge in [0.2, 0.25) is 0 Å². The molecular weight excluding hydrogens is 418 g/mol. The van der Waals surface area contributed by atoms with E-state index in [0.29, 0.717) is 35.0 Å². The largest absolute Gasteiger partial charge is 0.495 e. The molecule has 2 bridgehead atoms. The van der Waals surface area contributed by atoms with Crippen molar-refractivity contribution < 1.29 is 9.53 Å². The second-order valence-corrected chi connectivity index (χ2v) is 9.65. The van der Waals surface area contributed by atoms with E-state index >= 15 is 0 Å². The highest BCUT2D eigenvalue weighted by molar-refractivity contribution is 6.00. The molecule has 0 spiro atoms. The first-order valence-corrected chi connectivity index (χ1v) is 11.9. The Morgan fingerprint density at radius 1 is 1.00 bits per heavy atom. The molecule has 2 amide bonds. The molecule has 33 heavy (non-hydrogen) atoms. The van der Waals surface area contributed by atoms with Crippen LogP contribution in [0.4, 0.5) is 16.2 Å². The summed E-state index contributed by atoms with van der Waals surface area (Å²) in [5, 5.41) is 5.51. The molecule has 8 nitrogen and oxygen atoms in total. The first-order valence-electron chi connectivity index (χ1n) is 11.9. The molecule has 0 aliphatic carbocycles. The van der Waals surface area contributed by atoms with Gasteiger partial charge in [-0.05, 0) is 69.6 Å². The van der Waals surface area contributed by atoms with Crippen LogP contribution >= 0.6 is 0 Å². The summed E-state index contributed by atoms with van der Waals surface area (Å²) in [6.07, 6.45) is 3.60. The standard InChI is InChI=1S/C25H33N5O3/c1-28-11-9-19(10-12-28)29-14-17-13-18(16-29)22-8-7-21(24(31)30(22)15-17)27-25(32)26-20-5-3-4-6-23(20)33-2/h3-8,17-19H,9-16H2,1-2H3,(H2,26,27,32). The van der Waals surface area contributed by atoms with Gasteiger partial charge in [-0.15, -0.1) is 0 Å². The van der Waals surface area contributed by atoms with Gasteiger partial charge in [-0.1, -0.05) is 12.1 Å². The molecule has 2 N–H and O–H groups in total. The Kier molecular flexibility index (Phi) is 6.12. The number of aromatic nitrogens is 1. The smallest absolute Gasteiger partial charge is 0.323 e. The molecular formula is C25H33N5O3. The molecule has 3 aliphatic heterocycles. The molecule has 2 aromatic rings. The Labute approximate surface area is 194 Å². The van der Waals surface area contributed by atoms with Crippen molar-refractivity contribution in [2.45, 2.75) is 37.8 Å². The van der Waals surface area contributed by atoms with Gasteiger partial charge in [0.05, 0.1) is 12.8 Å². The average molecular weight is 452 g/mol. The maximum absolute atomic E-state index is 13.3. The third-order valence-electron chi connectivity index (χ3n) is 7.44. The maximum atomic E-state index is 13.3. The van der Waals surface area contributed by atoms with Crippen LogP contribution in [-0.4, -0.2) is 66.8 Å². The fourth-order valence-electron chi connectivity index (χ4n) is 5.76. The van der Waals surface area contributed by atoms with E-state index in [1.807, 2.05) is 22.8 Å². The van der Waals surface area contributed by atoms with E-state index in [1.54, 1.807) is 25.3 Å². The molecule has 4 heterocycles. The number of anilines is 2. The number of hydrogen-bond donors (Lipinski definition) is 2. The number of amides is 2. The molecule has 176 valence electrons. The second-order valence-electron chi connectivity index (χ2n) is 9.65. The van der Waals surface area contributed by atoms with E-state index < -0.39 is 6.03 Å². The summed E-state index contributed by atoms with van der Waals surface area (Å²) >= 11 is 0. The van der Waals surface area contributed by atoms with E-state index in [4.69, 9.17) is 4.74 Å². The van der Waals surface area contributed by atoms with Gasteiger partial charge in [0.25, 0.3) is 5.56 Å². The van der Waals surface area contributed by atoms with E-state index in [1.165, 1.54) is 25.9 Å². The summed E-state index contributed by atoms with van der Waals surface area (Å²) in [4.78, 5) is 30.9. The summed E-state index contributed by atoms with van der Waals surface area (Å²) < 4.78 is 7.17. The van der Waals surface area contributed by atoms with Gasteiger partial charge < -0.3 is 24.8 Å². The number of likely N-dealkylation sites (tertiary alicyclic amines) is 2. The number of ether oxygens (including phenoxy) is 1. The lowest BCUT2D eigenvalue weighted by Gasteiger charge is -2.47. The molecule has 8 heteroatoms. The predicted molar refractivity (Wildman–Crippen MR) is 129 cm³/mol. The van der Waals surface area contributed by atoms with Crippen LogP contribution in [0.25, 0.3) is 0 Å². The van der Waals surface area contributed by atoms with Crippen molar-refractivity contribution in [3.63, 3.8) is 0 Å². The number of carbonyl (C=O) groups excluding carboxylic acids is 1. The number of fused-ring (bicyclic) bond motifs is 4. The zero-order chi connectivity index (χ0) is 22.9. The van der Waals surface area contributed by atoms with E-state index in [0.717, 1.165) is 31.7 Å². The number of para-hydroxylation sites is 2. The van der Waals surface area contributed by atoms with Crippen LogP contribution in [0.5, 0.6) is 5.75 Å². The summed E-state index contributed by atoms with van der Waals surface area (Å²) in [7, 11) is 3.76. The third-order valence-corrected chi connectivity index (χ3v) is 7.44. The van der Waals surface area contributed by atoms with Gasteiger partial charge in [0.1, 0.15) is 11.4 Å². The highest BCUT2D eigenvalue weighted by Gasteiger charge is 2.37. The first kappa shape index (κ1) is 22.0. The molecule has 3 aliphatic rings. The number of piperidine rings is 2. The minimum atomic E-state index is -0.457. The number of rotatable bonds is 4. The highest BCUT2D eigenvalue weighted by Crippen LogP contribution is 2.37. The molecule has 5 rings (SSSR count). The van der Waals surface area contributed by atoms with Crippen molar-refractivity contribution in [1.82, 2.24) is 14.4 Å². The van der Waals surface area contributed by atoms with Gasteiger partial charge in [-0.3, -0.25) is 9.69 Å². The van der Waals surface area contributed by atoms with Crippen LogP contribution in [0.15, 0.2) is 41.2 Å². The van der Waals surface area contributed by atoms with Crippen molar-refractivity contribution in [3.05, 3.63) is 52.4 Å². The van der Waals surface area contributed by atoms with Gasteiger partial charge in [-0.25, -0.2) is 4.79 Å². The van der Waals surface area contributed by atoms with Gasteiger partial charge in [-0.2, -0.15) is 0 Å². The van der Waals surface area contributed by atoms with Gasteiger partial charge in [0, 0.05) is 37.3 Å². The number of benzene rings is 1. The fourth-order valence-corrected chi connectivity index (χ4v) is 5.76. The van der Waals surface area contributed by atoms with Crippen LogP contribution in [0.1, 0.15) is 30.9 Å². The summed E-state index contributed by atoms with van der Waals surface area (Å²) in [5.74, 6) is 1.42. The SMILES string of the molecule is COc1ccccc1NC(=O)Nc1ccc2n(c1=O)CC1CC2CN(C2CCN(C)CC2)C1. The monoisotopic (exact) mass is 451 g/mol. The minimum Gasteiger partial charge on any atom is -0.495 e. The summed E-state index contributed by atoms with van der Waals surface area (Å²) in [6.45, 7) is 5.13. The molecule has 2 fully saturated rings. The Balaban J connectivity index is 1.30. The van der Waals surface area contributed by atoms with Gasteiger partial charge >= 0.3 is 6.03 Å². The lowest BCUT2D eigenvalue weighted by molar-refractivity contribution is 0.0517. The molecule has 0 radical (unpaired) electrons. The number of pyridine rings is 1. The van der Waals surface area contributed by atoms with Crippen LogP contribution in [0.2, 0.25) is 0 Å². The van der Waals surface area contributed by atoms with Crippen LogP contribution < -0.4 is 20.9 Å². The van der Waals surface area contributed by atoms with Crippen molar-refractivity contribution in [3.8, 4) is 5.75 Å². The van der Waals surface area contributed by atoms with Crippen LogP contribution in [-0.2, 0) is 6.54 Å². The predicted octanol–water partition coefficient (Wildman–Crippen LogP) is 3.01. The summed E-state index contributed by atoms with van der Waals surface area (Å²) in [6, 6.07) is 11.2. The third kappa shape index (κ3) is 4.50. The van der Waals surface area contributed by atoms with Crippen molar-refractivity contribution >= 4 is 17.4 Å². The van der Waals surface area contributed by atoms with E-state index in [9.17, 15) is 9.59 Å². The highest BCUT2D eigenvalue weighted by atomic mass is 16.5. The Morgan fingerprint density at radius 2 is 1.76 bits per heavy atom. The maximum Gasteiger partial charge on any atom is 0.323 e. The van der Waals surface area contributed by atoms with Crippen LogP contribution in [0.3, 0.4) is 0 Å². The molecule has 2 saturated heterocycles. The first-order chi connectivity index (χ1) is 16.0. The molecule has 1 aromatic heterocycles. The lowest BCUT2D eigenvalue weighted by Crippen LogP contribution is -2.53. The van der Waals surface area contributed by atoms with Crippen LogP contribution in [0, 0.1) is 5.92 Å². The number of nitrogens with one attached hydrogen (secondary N) is 2. The lowest BCUT2D eigenvalue weighted by atomic mass is 9.82. The second kappa shape index (κ2) is 9.19. The van der Waals surface area contributed by atoms with Crippen molar-refractivity contribution in [2.75, 3.05) is 51.0 Å². The van der Waals surface area contributed by atoms with E-state index in [-0.39, 0.29) is 5.56 Å². The molecule has 2 unspecified atom stereocenters. The van der Waals surface area contributed by atoms with Crippen molar-refractivity contribution in [2.24, 2.45) is 5.92 Å². The molecule has 0 saturated carbocycles. The molecule has 2 atom stereocenters. The number of hydrogen-bond acceptors (Lipinski definition) is 5. The number of nitrogens with zero attached hydrogens (tertiary/aromatic N) is 3. The Bertz CT molecular complexity index is 1080. The molecule has 1 aromatic carbocycles. The van der Waals surface area contributed by atoms with Crippen molar-refractivity contribution in [1.29, 1.82) is 0 Å².